The van der Waals surface area contributed by atoms with E-state index in [9.17, 15) is 9.36 Å². The maximum atomic E-state index is 12.7. The van der Waals surface area contributed by atoms with E-state index in [1.54, 1.807) is 18.2 Å². The van der Waals surface area contributed by atoms with Gasteiger partial charge < -0.3 is 9.26 Å². The Morgan fingerprint density at radius 3 is 2.96 bits per heavy atom. The molecule has 0 fully saturated rings. The van der Waals surface area contributed by atoms with Crippen molar-refractivity contribution in [3.63, 3.8) is 0 Å². The molecule has 28 heavy (non-hydrogen) atoms. The van der Waals surface area contributed by atoms with Crippen LogP contribution in [0.4, 0.5) is 0 Å². The molecule has 1 N–H and O–H groups in total. The Morgan fingerprint density at radius 2 is 2.21 bits per heavy atom. The zero-order valence-electron chi connectivity index (χ0n) is 14.7. The number of phosphoric ester groups is 1. The van der Waals surface area contributed by atoms with Crippen LogP contribution in [0.5, 0.6) is 5.75 Å². The third kappa shape index (κ3) is 5.24. The number of phosphoric acid groups is 1. The van der Waals surface area contributed by atoms with Gasteiger partial charge in [0.2, 0.25) is 0 Å². The SMILES string of the molecule is COC(CCn1cc(Cl)c(=S)[nH]c1=O)COP1(=O)OCc2cc(Cl)ccc2O1. The van der Waals surface area contributed by atoms with Crippen LogP contribution in [0.1, 0.15) is 12.0 Å². The molecule has 0 bridgehead atoms. The number of H-pyrrole nitrogens is 1. The van der Waals surface area contributed by atoms with Gasteiger partial charge in [-0.2, -0.15) is 0 Å². The molecule has 0 saturated heterocycles. The molecule has 152 valence electrons. The van der Waals surface area contributed by atoms with Crippen LogP contribution in [0.15, 0.2) is 29.2 Å². The summed E-state index contributed by atoms with van der Waals surface area (Å²) in [5.74, 6) is 0.397. The second-order valence-corrected chi connectivity index (χ2v) is 8.78. The summed E-state index contributed by atoms with van der Waals surface area (Å²) >= 11 is 16.8. The maximum absolute atomic E-state index is 12.7. The second-order valence-electron chi connectivity index (χ2n) is 5.94. The number of methoxy groups -OCH3 is 1. The Hall–Kier alpha value is -1.19. The molecule has 0 aliphatic carbocycles. The van der Waals surface area contributed by atoms with Crippen molar-refractivity contribution >= 4 is 43.2 Å². The number of hydrogen-bond donors (Lipinski definition) is 1. The zero-order valence-corrected chi connectivity index (χ0v) is 17.9. The first-order chi connectivity index (χ1) is 13.3. The van der Waals surface area contributed by atoms with Crippen molar-refractivity contribution in [2.75, 3.05) is 13.7 Å². The predicted molar refractivity (Wildman–Crippen MR) is 107 cm³/mol. The molecule has 1 aromatic heterocycles. The topological polar surface area (TPSA) is 91.8 Å². The fraction of sp³-hybridized carbons (Fsp3) is 0.375. The van der Waals surface area contributed by atoms with Gasteiger partial charge in [-0.25, -0.2) is 9.36 Å². The van der Waals surface area contributed by atoms with E-state index in [2.05, 4.69) is 4.98 Å². The Balaban J connectivity index is 1.59. The first kappa shape index (κ1) is 21.5. The monoisotopic (exact) mass is 466 g/mol. The summed E-state index contributed by atoms with van der Waals surface area (Å²) in [7, 11) is -2.30. The molecule has 0 radical (unpaired) electrons. The van der Waals surface area contributed by atoms with E-state index in [0.29, 0.717) is 29.3 Å². The predicted octanol–water partition coefficient (Wildman–Crippen LogP) is 4.35. The molecule has 2 atom stereocenters. The minimum Gasteiger partial charge on any atom is -0.404 e. The number of fused-ring (bicyclic) bond motifs is 1. The molecule has 2 heterocycles. The van der Waals surface area contributed by atoms with Gasteiger partial charge in [-0.1, -0.05) is 35.4 Å². The number of aromatic nitrogens is 2. The average molecular weight is 467 g/mol. The molecule has 3 rings (SSSR count). The van der Waals surface area contributed by atoms with E-state index >= 15 is 0 Å². The van der Waals surface area contributed by atoms with Gasteiger partial charge in [0, 0.05) is 30.4 Å². The van der Waals surface area contributed by atoms with Gasteiger partial charge in [0.15, 0.2) is 0 Å². The summed E-state index contributed by atoms with van der Waals surface area (Å²) in [6.45, 7) is 0.296. The molecule has 1 aliphatic rings. The molecule has 0 amide bonds. The number of nitrogens with one attached hydrogen (secondary N) is 1. The van der Waals surface area contributed by atoms with Crippen molar-refractivity contribution in [1.29, 1.82) is 0 Å². The summed E-state index contributed by atoms with van der Waals surface area (Å²) in [5, 5.41) is 0.798. The van der Waals surface area contributed by atoms with E-state index in [1.807, 2.05) is 0 Å². The van der Waals surface area contributed by atoms with Crippen molar-refractivity contribution in [2.45, 2.75) is 25.7 Å². The fourth-order valence-electron chi connectivity index (χ4n) is 2.48. The minimum absolute atomic E-state index is 0.0536. The highest BCUT2D eigenvalue weighted by Gasteiger charge is 2.35. The molecule has 2 unspecified atom stereocenters. The molecular formula is C16H17Cl2N2O6PS. The van der Waals surface area contributed by atoms with Gasteiger partial charge in [0.05, 0.1) is 24.3 Å². The lowest BCUT2D eigenvalue weighted by Crippen LogP contribution is -2.27. The van der Waals surface area contributed by atoms with Crippen LogP contribution in [0.2, 0.25) is 10.0 Å². The second kappa shape index (κ2) is 9.09. The van der Waals surface area contributed by atoms with E-state index in [0.717, 1.165) is 0 Å². The van der Waals surface area contributed by atoms with E-state index < -0.39 is 13.9 Å². The van der Waals surface area contributed by atoms with E-state index in [1.165, 1.54) is 17.9 Å². The van der Waals surface area contributed by atoms with E-state index in [4.69, 9.17) is 53.7 Å². The lowest BCUT2D eigenvalue weighted by molar-refractivity contribution is 0.0301. The van der Waals surface area contributed by atoms with Gasteiger partial charge in [-0.05, 0) is 24.6 Å². The molecule has 2 aromatic rings. The zero-order chi connectivity index (χ0) is 20.3. The van der Waals surface area contributed by atoms with Gasteiger partial charge in [-0.15, -0.1) is 0 Å². The van der Waals surface area contributed by atoms with Crippen LogP contribution in [-0.2, 0) is 31.5 Å². The number of nitrogens with zero attached hydrogens (tertiary/aromatic N) is 1. The van der Waals surface area contributed by atoms with Gasteiger partial charge >= 0.3 is 13.5 Å². The summed E-state index contributed by atoms with van der Waals surface area (Å²) in [5.41, 5.74) is 0.302. The van der Waals surface area contributed by atoms with Crippen LogP contribution in [0.25, 0.3) is 0 Å². The molecule has 1 aliphatic heterocycles. The van der Waals surface area contributed by atoms with Crippen LogP contribution in [0, 0.1) is 4.64 Å². The van der Waals surface area contributed by atoms with E-state index in [-0.39, 0.29) is 28.6 Å². The van der Waals surface area contributed by atoms with Crippen LogP contribution in [0.3, 0.4) is 0 Å². The Morgan fingerprint density at radius 1 is 1.43 bits per heavy atom. The smallest absolute Gasteiger partial charge is 0.404 e. The highest BCUT2D eigenvalue weighted by molar-refractivity contribution is 7.71. The molecule has 0 saturated carbocycles. The highest BCUT2D eigenvalue weighted by atomic mass is 35.5. The highest BCUT2D eigenvalue weighted by Crippen LogP contribution is 2.54. The van der Waals surface area contributed by atoms with Gasteiger partial charge in [0.1, 0.15) is 10.4 Å². The molecule has 8 nitrogen and oxygen atoms in total. The van der Waals surface area contributed by atoms with Crippen molar-refractivity contribution in [3.8, 4) is 5.75 Å². The van der Waals surface area contributed by atoms with Crippen LogP contribution < -0.4 is 10.2 Å². The van der Waals surface area contributed by atoms with Crippen molar-refractivity contribution in [2.24, 2.45) is 0 Å². The van der Waals surface area contributed by atoms with Crippen molar-refractivity contribution in [1.82, 2.24) is 9.55 Å². The molecular weight excluding hydrogens is 450 g/mol. The Labute approximate surface area is 175 Å². The first-order valence-electron chi connectivity index (χ1n) is 8.19. The number of halogens is 2. The molecule has 1 aromatic carbocycles. The number of hydrogen-bond acceptors (Lipinski definition) is 7. The van der Waals surface area contributed by atoms with Crippen molar-refractivity contribution in [3.05, 3.63) is 55.1 Å². The fourth-order valence-corrected chi connectivity index (χ4v) is 4.23. The number of ether oxygens (including phenoxy) is 1. The number of rotatable bonds is 7. The normalized spacial score (nSPS) is 19.7. The molecule has 12 heteroatoms. The summed E-state index contributed by atoms with van der Waals surface area (Å²) in [6, 6.07) is 4.91. The van der Waals surface area contributed by atoms with Gasteiger partial charge in [-0.3, -0.25) is 18.6 Å². The third-order valence-electron chi connectivity index (χ3n) is 4.02. The lowest BCUT2D eigenvalue weighted by Gasteiger charge is -2.26. The average Bonchev–Trinajstić information content (AvgIpc) is 2.66. The van der Waals surface area contributed by atoms with Gasteiger partial charge in [0.25, 0.3) is 0 Å². The number of benzene rings is 1. The quantitative estimate of drug-likeness (QED) is 0.478. The van der Waals surface area contributed by atoms with Crippen LogP contribution >= 0.6 is 43.2 Å². The standard InChI is InChI=1S/C16H17Cl2N2O6PS/c1-23-12(4-5-20-7-13(18)15(28)19-16(20)21)9-25-27(22)24-8-10-6-11(17)2-3-14(10)26-27/h2-3,6-7,12H,4-5,8-9H2,1H3,(H,19,21,28). The Bertz CT molecular complexity index is 1030. The number of aromatic amines is 1. The summed E-state index contributed by atoms with van der Waals surface area (Å²) < 4.78 is 35.6. The third-order valence-corrected chi connectivity index (χ3v) is 6.31. The summed E-state index contributed by atoms with van der Waals surface area (Å²) in [4.78, 5) is 14.4. The Kier molecular flexibility index (Phi) is 6.98. The lowest BCUT2D eigenvalue weighted by atomic mass is 10.2. The first-order valence-corrected chi connectivity index (χ1v) is 10.8. The molecule has 0 spiro atoms. The summed E-state index contributed by atoms with van der Waals surface area (Å²) in [6.07, 6.45) is 1.38. The minimum atomic E-state index is -3.78. The maximum Gasteiger partial charge on any atom is 0.530 e. The van der Waals surface area contributed by atoms with Crippen molar-refractivity contribution < 1.29 is 22.9 Å². The number of aryl methyl sites for hydroxylation is 1. The van der Waals surface area contributed by atoms with Crippen LogP contribution in [-0.4, -0.2) is 29.4 Å². The largest absolute Gasteiger partial charge is 0.530 e.